The number of hydrogen-bond acceptors (Lipinski definition) is 3. The van der Waals surface area contributed by atoms with Crippen molar-refractivity contribution in [3.05, 3.63) is 170 Å². The Bertz CT molecular complexity index is 3390. The van der Waals surface area contributed by atoms with E-state index in [2.05, 4.69) is 164 Å². The molecule has 0 radical (unpaired) electrons. The fourth-order valence-electron chi connectivity index (χ4n) is 8.76. The minimum absolute atomic E-state index is 0.904. The van der Waals surface area contributed by atoms with Crippen LogP contribution in [0.4, 0.5) is 0 Å². The molecule has 3 heteroatoms. The maximum absolute atomic E-state index is 6.80. The summed E-state index contributed by atoms with van der Waals surface area (Å²) in [5, 5.41) is 13.0. The highest BCUT2D eigenvalue weighted by Crippen LogP contribution is 2.51. The van der Waals surface area contributed by atoms with E-state index in [0.29, 0.717) is 0 Å². The van der Waals surface area contributed by atoms with Gasteiger partial charge in [0.25, 0.3) is 0 Å². The van der Waals surface area contributed by atoms with Gasteiger partial charge in [-0.15, -0.1) is 11.3 Å². The van der Waals surface area contributed by atoms with Gasteiger partial charge in [-0.1, -0.05) is 133 Å². The molecule has 246 valence electrons. The molecule has 0 N–H and O–H groups in total. The number of fused-ring (bicyclic) bond motifs is 11. The molecule has 0 unspecified atom stereocenters. The summed E-state index contributed by atoms with van der Waals surface area (Å²) >= 11 is 1.83. The molecule has 0 atom stereocenters. The Balaban J connectivity index is 1.21. The van der Waals surface area contributed by atoms with E-state index in [0.717, 1.165) is 49.3 Å². The molecule has 0 aliphatic heterocycles. The summed E-state index contributed by atoms with van der Waals surface area (Å²) in [6.45, 7) is 0. The summed E-state index contributed by atoms with van der Waals surface area (Å²) in [4.78, 5) is 1.24. The lowest BCUT2D eigenvalue weighted by Gasteiger charge is -2.19. The third-order valence-corrected chi connectivity index (χ3v) is 12.2. The van der Waals surface area contributed by atoms with Crippen molar-refractivity contribution >= 4 is 97.6 Å². The molecule has 2 nitrogen and oxygen atoms in total. The standard InChI is InChI=1S/C50H28O2S/c1-2-13-29(14-3-1)45-27-40-46(53-45)28-41(49-37-21-9-11-24-43(37)52-50(40)49)48-34-19-6-4-17-32(34)47(33-18-5-7-20-35(33)48)36-22-12-15-30-25-39-31-16-8-10-23-42(31)51-44(39)26-38(30)36/h1-28H. The van der Waals surface area contributed by atoms with E-state index < -0.39 is 0 Å². The van der Waals surface area contributed by atoms with Crippen LogP contribution in [0, 0.1) is 0 Å². The number of hydrogen-bond donors (Lipinski definition) is 0. The van der Waals surface area contributed by atoms with Crippen LogP contribution in [-0.4, -0.2) is 0 Å². The second kappa shape index (κ2) is 10.9. The maximum atomic E-state index is 6.80. The third kappa shape index (κ3) is 4.14. The first-order valence-corrected chi connectivity index (χ1v) is 18.8. The molecule has 3 heterocycles. The number of benzene rings is 9. The largest absolute Gasteiger partial charge is 0.456 e. The van der Waals surface area contributed by atoms with Crippen molar-refractivity contribution in [2.75, 3.05) is 0 Å². The number of rotatable bonds is 3. The van der Waals surface area contributed by atoms with Crippen molar-refractivity contribution in [3.8, 4) is 32.7 Å². The second-order valence-electron chi connectivity index (χ2n) is 13.9. The molecule has 0 bridgehead atoms. The van der Waals surface area contributed by atoms with Gasteiger partial charge in [-0.25, -0.2) is 0 Å². The summed E-state index contributed by atoms with van der Waals surface area (Å²) in [5.74, 6) is 0. The van der Waals surface area contributed by atoms with Gasteiger partial charge < -0.3 is 8.83 Å². The Kier molecular flexibility index (Phi) is 5.96. The summed E-state index contributed by atoms with van der Waals surface area (Å²) in [6.07, 6.45) is 0. The van der Waals surface area contributed by atoms with Gasteiger partial charge in [0.2, 0.25) is 0 Å². The molecular formula is C50H28O2S. The van der Waals surface area contributed by atoms with Gasteiger partial charge in [0.05, 0.1) is 0 Å². The highest BCUT2D eigenvalue weighted by atomic mass is 32.1. The van der Waals surface area contributed by atoms with E-state index in [-0.39, 0.29) is 0 Å². The van der Waals surface area contributed by atoms with E-state index in [4.69, 9.17) is 8.83 Å². The van der Waals surface area contributed by atoms with Crippen LogP contribution in [-0.2, 0) is 0 Å². The molecule has 3 aromatic heterocycles. The summed E-state index contributed by atoms with van der Waals surface area (Å²) < 4.78 is 14.4. The molecule has 0 fully saturated rings. The van der Waals surface area contributed by atoms with Crippen molar-refractivity contribution in [2.24, 2.45) is 0 Å². The molecule has 0 aliphatic carbocycles. The van der Waals surface area contributed by atoms with Crippen LogP contribution in [0.5, 0.6) is 0 Å². The second-order valence-corrected chi connectivity index (χ2v) is 15.0. The minimum atomic E-state index is 0.904. The lowest BCUT2D eigenvalue weighted by Crippen LogP contribution is -1.92. The number of para-hydroxylation sites is 2. The lowest BCUT2D eigenvalue weighted by molar-refractivity contribution is 0.669. The Morgan fingerprint density at radius 3 is 1.68 bits per heavy atom. The molecule has 53 heavy (non-hydrogen) atoms. The molecule has 12 rings (SSSR count). The van der Waals surface area contributed by atoms with Crippen LogP contribution in [0.3, 0.4) is 0 Å². The van der Waals surface area contributed by atoms with Gasteiger partial charge in [-0.3, -0.25) is 0 Å². The third-order valence-electron chi connectivity index (χ3n) is 11.1. The molecule has 12 aromatic rings. The highest BCUT2D eigenvalue weighted by molar-refractivity contribution is 7.22. The molecule has 0 amide bonds. The van der Waals surface area contributed by atoms with Gasteiger partial charge >= 0.3 is 0 Å². The van der Waals surface area contributed by atoms with Gasteiger partial charge in [0.1, 0.15) is 22.3 Å². The number of thiophene rings is 1. The topological polar surface area (TPSA) is 26.3 Å². The fourth-order valence-corrected chi connectivity index (χ4v) is 9.87. The molecule has 0 aliphatic rings. The quantitative estimate of drug-likeness (QED) is 0.172. The predicted octanol–water partition coefficient (Wildman–Crippen LogP) is 15.2. The molecule has 0 saturated heterocycles. The minimum Gasteiger partial charge on any atom is -0.456 e. The van der Waals surface area contributed by atoms with Crippen molar-refractivity contribution in [1.29, 1.82) is 0 Å². The summed E-state index contributed by atoms with van der Waals surface area (Å²) in [7, 11) is 0. The van der Waals surface area contributed by atoms with Crippen LogP contribution < -0.4 is 0 Å². The first kappa shape index (κ1) is 29.0. The smallest absolute Gasteiger partial charge is 0.144 e. The lowest BCUT2D eigenvalue weighted by atomic mass is 9.83. The van der Waals surface area contributed by atoms with Crippen LogP contribution in [0.1, 0.15) is 0 Å². The normalized spacial score (nSPS) is 12.2. The van der Waals surface area contributed by atoms with Crippen LogP contribution in [0.15, 0.2) is 179 Å². The van der Waals surface area contributed by atoms with Gasteiger partial charge in [-0.2, -0.15) is 0 Å². The average molecular weight is 693 g/mol. The van der Waals surface area contributed by atoms with E-state index in [9.17, 15) is 0 Å². The first-order valence-electron chi connectivity index (χ1n) is 18.0. The van der Waals surface area contributed by atoms with E-state index in [1.807, 2.05) is 17.4 Å². The zero-order chi connectivity index (χ0) is 34.6. The fraction of sp³-hybridized carbons (Fsp3) is 0. The zero-order valence-corrected chi connectivity index (χ0v) is 29.2. The summed E-state index contributed by atoms with van der Waals surface area (Å²) in [5.41, 5.74) is 9.74. The Morgan fingerprint density at radius 2 is 0.962 bits per heavy atom. The van der Waals surface area contributed by atoms with Crippen molar-refractivity contribution in [2.45, 2.75) is 0 Å². The SMILES string of the molecule is c1ccc(-c2cc3c(cc(-c4c5ccccc5c(-c5cccc6cc7c(cc56)oc5ccccc57)c5ccccc45)c4c5ccccc5oc34)s2)cc1. The van der Waals surface area contributed by atoms with Gasteiger partial charge in [0, 0.05) is 36.5 Å². The predicted molar refractivity (Wildman–Crippen MR) is 225 cm³/mol. The summed E-state index contributed by atoms with van der Waals surface area (Å²) in [6, 6.07) is 61.3. The van der Waals surface area contributed by atoms with Gasteiger partial charge in [-0.05, 0) is 96.5 Å². The van der Waals surface area contributed by atoms with Crippen molar-refractivity contribution in [1.82, 2.24) is 0 Å². The zero-order valence-electron chi connectivity index (χ0n) is 28.4. The highest BCUT2D eigenvalue weighted by Gasteiger charge is 2.24. The first-order chi connectivity index (χ1) is 26.3. The van der Waals surface area contributed by atoms with Crippen LogP contribution in [0.25, 0.3) is 119 Å². The van der Waals surface area contributed by atoms with Crippen LogP contribution in [0.2, 0.25) is 0 Å². The van der Waals surface area contributed by atoms with Crippen molar-refractivity contribution < 1.29 is 8.83 Å². The monoisotopic (exact) mass is 692 g/mol. The molecular weight excluding hydrogens is 665 g/mol. The molecule has 9 aromatic carbocycles. The Morgan fingerprint density at radius 1 is 0.358 bits per heavy atom. The van der Waals surface area contributed by atoms with E-state index in [1.54, 1.807) is 0 Å². The molecule has 0 spiro atoms. The van der Waals surface area contributed by atoms with Gasteiger partial charge in [0.15, 0.2) is 0 Å². The van der Waals surface area contributed by atoms with Crippen molar-refractivity contribution in [3.63, 3.8) is 0 Å². The van der Waals surface area contributed by atoms with Crippen LogP contribution >= 0.6 is 11.3 Å². The Hall–Kier alpha value is -6.68. The average Bonchev–Trinajstić information content (AvgIpc) is 3.93. The number of furan rings is 2. The Labute approximate surface area is 307 Å². The molecule has 0 saturated carbocycles. The maximum Gasteiger partial charge on any atom is 0.144 e. The van der Waals surface area contributed by atoms with E-state index in [1.165, 1.54) is 69.7 Å². The van der Waals surface area contributed by atoms with E-state index >= 15 is 0 Å².